The van der Waals surface area contributed by atoms with Crippen LogP contribution in [0, 0.1) is 11.8 Å². The first-order valence-electron chi connectivity index (χ1n) is 8.48. The Hall–Kier alpha value is -2.63. The number of nitrogens with one attached hydrogen (secondary N) is 1. The number of benzene rings is 1. The summed E-state index contributed by atoms with van der Waals surface area (Å²) in [6.07, 6.45) is 6.16. The summed E-state index contributed by atoms with van der Waals surface area (Å²) in [7, 11) is 0. The molecule has 2 N–H and O–H groups in total. The Balaban J connectivity index is 1.96. The van der Waals surface area contributed by atoms with Crippen molar-refractivity contribution in [3.05, 3.63) is 42.0 Å². The normalized spacial score (nSPS) is 19.2. The second kappa shape index (κ2) is 9.01. The first-order valence-corrected chi connectivity index (χ1v) is 8.48. The lowest BCUT2D eigenvalue weighted by atomic mass is 9.82. The van der Waals surface area contributed by atoms with Crippen molar-refractivity contribution in [2.75, 3.05) is 11.9 Å². The van der Waals surface area contributed by atoms with Gasteiger partial charge >= 0.3 is 11.9 Å². The fourth-order valence-electron chi connectivity index (χ4n) is 2.69. The van der Waals surface area contributed by atoms with E-state index in [1.807, 2.05) is 13.0 Å². The lowest BCUT2D eigenvalue weighted by Crippen LogP contribution is -2.34. The molecule has 0 radical (unpaired) electrons. The van der Waals surface area contributed by atoms with Crippen LogP contribution < -0.4 is 5.32 Å². The van der Waals surface area contributed by atoms with Gasteiger partial charge in [0.15, 0.2) is 0 Å². The van der Waals surface area contributed by atoms with Crippen molar-refractivity contribution in [2.24, 2.45) is 11.8 Å². The molecular weight excluding hydrogens is 322 g/mol. The minimum absolute atomic E-state index is 0.324. The molecule has 2 rings (SSSR count). The average Bonchev–Trinajstić information content (AvgIpc) is 2.62. The smallest absolute Gasteiger partial charge is 0.338 e. The molecule has 0 fully saturated rings. The van der Waals surface area contributed by atoms with Crippen molar-refractivity contribution >= 4 is 23.5 Å². The standard InChI is InChI=1S/C19H23NO5/c1-2-3-12-25-19(24)13-8-10-14(11-9-13)20-17(21)15-6-4-5-7-16(15)18(22)23/h4-5,8-11,15-16H,2-3,6-7,12H2,1H3,(H,20,21)(H,22,23). The van der Waals surface area contributed by atoms with E-state index in [1.165, 1.54) is 0 Å². The minimum Gasteiger partial charge on any atom is -0.481 e. The molecule has 6 nitrogen and oxygen atoms in total. The average molecular weight is 345 g/mol. The van der Waals surface area contributed by atoms with Crippen LogP contribution >= 0.6 is 0 Å². The topological polar surface area (TPSA) is 92.7 Å². The van der Waals surface area contributed by atoms with Gasteiger partial charge in [0.25, 0.3) is 0 Å². The third-order valence-corrected chi connectivity index (χ3v) is 4.21. The maximum absolute atomic E-state index is 12.4. The summed E-state index contributed by atoms with van der Waals surface area (Å²) < 4.78 is 5.13. The maximum atomic E-state index is 12.4. The quantitative estimate of drug-likeness (QED) is 0.449. The summed E-state index contributed by atoms with van der Waals surface area (Å²) in [5.41, 5.74) is 0.937. The van der Waals surface area contributed by atoms with Crippen molar-refractivity contribution in [1.29, 1.82) is 0 Å². The number of hydrogen-bond acceptors (Lipinski definition) is 4. The summed E-state index contributed by atoms with van der Waals surface area (Å²) >= 11 is 0. The number of carbonyl (C=O) groups is 3. The Morgan fingerprint density at radius 3 is 2.36 bits per heavy atom. The van der Waals surface area contributed by atoms with Crippen LogP contribution in [0.1, 0.15) is 43.0 Å². The molecule has 0 aliphatic heterocycles. The molecule has 134 valence electrons. The summed E-state index contributed by atoms with van der Waals surface area (Å²) in [6.45, 7) is 2.40. The molecule has 25 heavy (non-hydrogen) atoms. The number of amides is 1. The highest BCUT2D eigenvalue weighted by atomic mass is 16.5. The summed E-state index contributed by atoms with van der Waals surface area (Å²) in [5.74, 6) is -2.99. The summed E-state index contributed by atoms with van der Waals surface area (Å²) in [6, 6.07) is 6.39. The predicted molar refractivity (Wildman–Crippen MR) is 93.3 cm³/mol. The van der Waals surface area contributed by atoms with Crippen LogP contribution in [0.3, 0.4) is 0 Å². The molecule has 2 unspecified atom stereocenters. The number of carboxylic acid groups (broad SMARTS) is 1. The van der Waals surface area contributed by atoms with Gasteiger partial charge in [0.2, 0.25) is 5.91 Å². The van der Waals surface area contributed by atoms with Crippen LogP contribution in [0.5, 0.6) is 0 Å². The molecule has 0 aromatic heterocycles. The molecule has 1 aliphatic carbocycles. The van der Waals surface area contributed by atoms with Gasteiger partial charge in [0, 0.05) is 5.69 Å². The number of carboxylic acids is 1. The first kappa shape index (κ1) is 18.7. The van der Waals surface area contributed by atoms with Gasteiger partial charge in [-0.25, -0.2) is 4.79 Å². The lowest BCUT2D eigenvalue weighted by molar-refractivity contribution is -0.146. The van der Waals surface area contributed by atoms with Gasteiger partial charge in [0.05, 0.1) is 24.0 Å². The van der Waals surface area contributed by atoms with E-state index in [0.717, 1.165) is 12.8 Å². The Kier molecular flexibility index (Phi) is 6.74. The van der Waals surface area contributed by atoms with Crippen LogP contribution in [0.15, 0.2) is 36.4 Å². The van der Waals surface area contributed by atoms with Gasteiger partial charge < -0.3 is 15.2 Å². The van der Waals surface area contributed by atoms with Gasteiger partial charge in [0.1, 0.15) is 0 Å². The predicted octanol–water partition coefficient (Wildman–Crippen LogP) is 3.25. The lowest BCUT2D eigenvalue weighted by Gasteiger charge is -2.24. The monoisotopic (exact) mass is 345 g/mol. The van der Waals surface area contributed by atoms with E-state index in [0.29, 0.717) is 30.7 Å². The van der Waals surface area contributed by atoms with Gasteiger partial charge in [-0.1, -0.05) is 25.5 Å². The summed E-state index contributed by atoms with van der Waals surface area (Å²) in [5, 5.41) is 12.0. The molecule has 0 bridgehead atoms. The van der Waals surface area contributed by atoms with Gasteiger partial charge in [-0.05, 0) is 43.5 Å². The molecule has 2 atom stereocenters. The van der Waals surface area contributed by atoms with Gasteiger partial charge in [-0.2, -0.15) is 0 Å². The molecule has 1 amide bonds. The van der Waals surface area contributed by atoms with Crippen LogP contribution in [0.4, 0.5) is 5.69 Å². The number of carbonyl (C=O) groups excluding carboxylic acids is 2. The molecule has 1 aromatic carbocycles. The number of anilines is 1. The van der Waals surface area contributed by atoms with Gasteiger partial charge in [-0.3, -0.25) is 9.59 Å². The zero-order valence-electron chi connectivity index (χ0n) is 14.2. The highest BCUT2D eigenvalue weighted by molar-refractivity contribution is 5.96. The van der Waals surface area contributed by atoms with Gasteiger partial charge in [-0.15, -0.1) is 0 Å². The second-order valence-corrected chi connectivity index (χ2v) is 6.05. The molecule has 0 saturated carbocycles. The van der Waals surface area contributed by atoms with Crippen molar-refractivity contribution in [2.45, 2.75) is 32.6 Å². The first-order chi connectivity index (χ1) is 12.0. The molecular formula is C19H23NO5. The number of unbranched alkanes of at least 4 members (excludes halogenated alkanes) is 1. The van der Waals surface area contributed by atoms with Crippen molar-refractivity contribution in [3.63, 3.8) is 0 Å². The van der Waals surface area contributed by atoms with Crippen molar-refractivity contribution in [1.82, 2.24) is 0 Å². The Bertz CT molecular complexity index is 650. The summed E-state index contributed by atoms with van der Waals surface area (Å²) in [4.78, 5) is 35.5. The van der Waals surface area contributed by atoms with Crippen LogP contribution in [-0.4, -0.2) is 29.6 Å². The number of aliphatic carboxylic acids is 1. The fraction of sp³-hybridized carbons (Fsp3) is 0.421. The molecule has 0 saturated heterocycles. The third-order valence-electron chi connectivity index (χ3n) is 4.21. The van der Waals surface area contributed by atoms with E-state index >= 15 is 0 Å². The Morgan fingerprint density at radius 1 is 1.12 bits per heavy atom. The van der Waals surface area contributed by atoms with Crippen molar-refractivity contribution in [3.8, 4) is 0 Å². The molecule has 1 aliphatic rings. The zero-order valence-corrected chi connectivity index (χ0v) is 14.2. The number of rotatable bonds is 7. The van der Waals surface area contributed by atoms with Crippen LogP contribution in [-0.2, 0) is 14.3 Å². The minimum atomic E-state index is -0.963. The highest BCUT2D eigenvalue weighted by Gasteiger charge is 2.33. The number of hydrogen-bond donors (Lipinski definition) is 2. The molecule has 0 spiro atoms. The maximum Gasteiger partial charge on any atom is 0.338 e. The van der Waals surface area contributed by atoms with Crippen LogP contribution in [0.25, 0.3) is 0 Å². The van der Waals surface area contributed by atoms with Crippen molar-refractivity contribution < 1.29 is 24.2 Å². The third kappa shape index (κ3) is 5.17. The second-order valence-electron chi connectivity index (χ2n) is 6.05. The van der Waals surface area contributed by atoms with E-state index in [1.54, 1.807) is 30.3 Å². The molecule has 1 aromatic rings. The zero-order chi connectivity index (χ0) is 18.2. The largest absolute Gasteiger partial charge is 0.481 e. The number of esters is 1. The SMILES string of the molecule is CCCCOC(=O)c1ccc(NC(=O)C2CC=CCC2C(=O)O)cc1. The van der Waals surface area contributed by atoms with E-state index in [9.17, 15) is 19.5 Å². The van der Waals surface area contributed by atoms with E-state index < -0.39 is 23.8 Å². The van der Waals surface area contributed by atoms with E-state index in [-0.39, 0.29) is 5.91 Å². The van der Waals surface area contributed by atoms with Crippen LogP contribution in [0.2, 0.25) is 0 Å². The Morgan fingerprint density at radius 2 is 1.76 bits per heavy atom. The number of allylic oxidation sites excluding steroid dienone is 2. The molecule has 0 heterocycles. The van der Waals surface area contributed by atoms with E-state index in [2.05, 4.69) is 5.32 Å². The Labute approximate surface area is 146 Å². The highest BCUT2D eigenvalue weighted by Crippen LogP contribution is 2.27. The molecule has 6 heteroatoms. The number of ether oxygens (including phenoxy) is 1. The van der Waals surface area contributed by atoms with E-state index in [4.69, 9.17) is 4.74 Å². The fourth-order valence-corrected chi connectivity index (χ4v) is 2.69.